The van der Waals surface area contributed by atoms with E-state index in [0.29, 0.717) is 11.4 Å². The number of rotatable bonds is 6. The summed E-state index contributed by atoms with van der Waals surface area (Å²) in [5.74, 6) is 0.432. The normalized spacial score (nSPS) is 11.8. The molecule has 3 rings (SSSR count). The molecule has 6 heteroatoms. The molecule has 3 aromatic rings. The lowest BCUT2D eigenvalue weighted by atomic mass is 10.1. The maximum atomic E-state index is 12.4. The first-order valence-corrected chi connectivity index (χ1v) is 7.87. The molecule has 3 N–H and O–H groups in total. The fourth-order valence-electron chi connectivity index (χ4n) is 2.50. The van der Waals surface area contributed by atoms with Crippen molar-refractivity contribution in [1.82, 2.24) is 15.5 Å². The first-order chi connectivity index (χ1) is 12.2. The summed E-state index contributed by atoms with van der Waals surface area (Å²) in [6, 6.07) is 17.9. The standard InChI is InChI=1S/C19H19N3O3/c1-25-15-9-7-14(8-10-15)16-11-17(22-21-16)19(24)20-18(12-23)13-5-3-2-4-6-13/h2-11,18,23H,12H2,1H3,(H,20,24)(H,21,22)/t18-/m1/s1. The fourth-order valence-corrected chi connectivity index (χ4v) is 2.50. The fraction of sp³-hybridized carbons (Fsp3) is 0.158. The van der Waals surface area contributed by atoms with Crippen molar-refractivity contribution in [2.45, 2.75) is 6.04 Å². The minimum atomic E-state index is -0.471. The second-order valence-electron chi connectivity index (χ2n) is 5.51. The van der Waals surface area contributed by atoms with Gasteiger partial charge in [0.15, 0.2) is 0 Å². The summed E-state index contributed by atoms with van der Waals surface area (Å²) >= 11 is 0. The quantitative estimate of drug-likeness (QED) is 0.645. The van der Waals surface area contributed by atoms with E-state index < -0.39 is 6.04 Å². The van der Waals surface area contributed by atoms with Crippen LogP contribution in [0.4, 0.5) is 0 Å². The number of hydrogen-bond donors (Lipinski definition) is 3. The molecule has 128 valence electrons. The van der Waals surface area contributed by atoms with Crippen LogP contribution in [0.25, 0.3) is 11.3 Å². The Kier molecular flexibility index (Phi) is 5.11. The van der Waals surface area contributed by atoms with Crippen molar-refractivity contribution in [1.29, 1.82) is 0 Å². The highest BCUT2D eigenvalue weighted by Gasteiger charge is 2.17. The van der Waals surface area contributed by atoms with Gasteiger partial charge in [-0.2, -0.15) is 5.10 Å². The highest BCUT2D eigenvalue weighted by molar-refractivity contribution is 5.93. The number of aliphatic hydroxyl groups is 1. The van der Waals surface area contributed by atoms with Crippen molar-refractivity contribution in [3.8, 4) is 17.0 Å². The van der Waals surface area contributed by atoms with Crippen LogP contribution in [0.1, 0.15) is 22.1 Å². The Morgan fingerprint density at radius 1 is 1.20 bits per heavy atom. The van der Waals surface area contributed by atoms with Crippen LogP contribution in [0, 0.1) is 0 Å². The molecular weight excluding hydrogens is 318 g/mol. The molecule has 0 saturated heterocycles. The van der Waals surface area contributed by atoms with E-state index in [9.17, 15) is 9.90 Å². The van der Waals surface area contributed by atoms with E-state index in [4.69, 9.17) is 4.74 Å². The minimum absolute atomic E-state index is 0.185. The second-order valence-corrected chi connectivity index (χ2v) is 5.51. The zero-order valence-electron chi connectivity index (χ0n) is 13.8. The Morgan fingerprint density at radius 2 is 1.92 bits per heavy atom. The van der Waals surface area contributed by atoms with Gasteiger partial charge in [0.1, 0.15) is 11.4 Å². The number of nitrogens with zero attached hydrogens (tertiary/aromatic N) is 1. The van der Waals surface area contributed by atoms with Gasteiger partial charge in [0, 0.05) is 5.56 Å². The zero-order chi connectivity index (χ0) is 17.6. The number of carbonyl (C=O) groups excluding carboxylic acids is 1. The van der Waals surface area contributed by atoms with Gasteiger partial charge < -0.3 is 15.2 Å². The molecule has 1 heterocycles. The third-order valence-corrected chi connectivity index (χ3v) is 3.90. The topological polar surface area (TPSA) is 87.2 Å². The van der Waals surface area contributed by atoms with Crippen LogP contribution < -0.4 is 10.1 Å². The number of aromatic nitrogens is 2. The zero-order valence-corrected chi connectivity index (χ0v) is 13.8. The summed E-state index contributed by atoms with van der Waals surface area (Å²) in [5, 5.41) is 19.3. The molecule has 0 bridgehead atoms. The first-order valence-electron chi connectivity index (χ1n) is 7.87. The molecule has 0 aliphatic carbocycles. The van der Waals surface area contributed by atoms with E-state index in [-0.39, 0.29) is 12.5 Å². The van der Waals surface area contributed by atoms with Gasteiger partial charge in [-0.3, -0.25) is 9.89 Å². The summed E-state index contributed by atoms with van der Waals surface area (Å²) in [7, 11) is 1.61. The highest BCUT2D eigenvalue weighted by atomic mass is 16.5. The summed E-state index contributed by atoms with van der Waals surface area (Å²) in [5.41, 5.74) is 2.71. The molecule has 2 aromatic carbocycles. The first kappa shape index (κ1) is 16.7. The molecule has 1 amide bonds. The molecule has 0 radical (unpaired) electrons. The minimum Gasteiger partial charge on any atom is -0.497 e. The van der Waals surface area contributed by atoms with Gasteiger partial charge in [0.2, 0.25) is 0 Å². The van der Waals surface area contributed by atoms with E-state index in [1.165, 1.54) is 0 Å². The molecule has 1 atom stereocenters. The van der Waals surface area contributed by atoms with Crippen LogP contribution in [0.5, 0.6) is 5.75 Å². The molecule has 0 aliphatic rings. The number of amides is 1. The van der Waals surface area contributed by atoms with Gasteiger partial charge in [-0.25, -0.2) is 0 Å². The van der Waals surface area contributed by atoms with Gasteiger partial charge in [0.05, 0.1) is 25.5 Å². The van der Waals surface area contributed by atoms with Crippen LogP contribution in [0.2, 0.25) is 0 Å². The average molecular weight is 337 g/mol. The number of ether oxygens (including phenoxy) is 1. The Morgan fingerprint density at radius 3 is 2.56 bits per heavy atom. The second kappa shape index (κ2) is 7.63. The third-order valence-electron chi connectivity index (χ3n) is 3.90. The number of carbonyl (C=O) groups is 1. The third kappa shape index (κ3) is 3.87. The van der Waals surface area contributed by atoms with Crippen LogP contribution in [-0.4, -0.2) is 34.9 Å². The average Bonchev–Trinajstić information content (AvgIpc) is 3.17. The van der Waals surface area contributed by atoms with E-state index in [1.54, 1.807) is 13.2 Å². The Balaban J connectivity index is 1.73. The van der Waals surface area contributed by atoms with Crippen molar-refractivity contribution in [2.75, 3.05) is 13.7 Å². The largest absolute Gasteiger partial charge is 0.497 e. The monoisotopic (exact) mass is 337 g/mol. The van der Waals surface area contributed by atoms with Crippen LogP contribution in [0.3, 0.4) is 0 Å². The number of aromatic amines is 1. The number of methoxy groups -OCH3 is 1. The number of aliphatic hydroxyl groups excluding tert-OH is 1. The van der Waals surface area contributed by atoms with Crippen molar-refractivity contribution in [2.24, 2.45) is 0 Å². The van der Waals surface area contributed by atoms with E-state index >= 15 is 0 Å². The lowest BCUT2D eigenvalue weighted by molar-refractivity contribution is 0.0911. The Labute approximate surface area is 145 Å². The number of hydrogen-bond acceptors (Lipinski definition) is 4. The van der Waals surface area contributed by atoms with Crippen LogP contribution in [0.15, 0.2) is 60.7 Å². The summed E-state index contributed by atoms with van der Waals surface area (Å²) in [6.07, 6.45) is 0. The van der Waals surface area contributed by atoms with Gasteiger partial charge in [0.25, 0.3) is 5.91 Å². The van der Waals surface area contributed by atoms with Gasteiger partial charge in [-0.15, -0.1) is 0 Å². The van der Waals surface area contributed by atoms with Crippen molar-refractivity contribution < 1.29 is 14.6 Å². The number of H-pyrrole nitrogens is 1. The summed E-state index contributed by atoms with van der Waals surface area (Å²) in [4.78, 5) is 12.4. The molecule has 0 aliphatic heterocycles. The maximum Gasteiger partial charge on any atom is 0.269 e. The predicted molar refractivity (Wildman–Crippen MR) is 94.3 cm³/mol. The SMILES string of the molecule is COc1ccc(-c2cc(C(=O)N[C@H](CO)c3ccccc3)[nH]n2)cc1. The summed E-state index contributed by atoms with van der Waals surface area (Å²) < 4.78 is 5.13. The Bertz CT molecular complexity index is 829. The van der Waals surface area contributed by atoms with Crippen LogP contribution in [-0.2, 0) is 0 Å². The molecule has 1 aromatic heterocycles. The molecule has 0 unspecified atom stereocenters. The molecular formula is C19H19N3O3. The Hall–Kier alpha value is -3.12. The molecule has 0 spiro atoms. The van der Waals surface area contributed by atoms with Crippen molar-refractivity contribution >= 4 is 5.91 Å². The number of nitrogens with one attached hydrogen (secondary N) is 2. The van der Waals surface area contributed by atoms with E-state index in [2.05, 4.69) is 15.5 Å². The molecule has 6 nitrogen and oxygen atoms in total. The van der Waals surface area contributed by atoms with Gasteiger partial charge in [-0.1, -0.05) is 30.3 Å². The van der Waals surface area contributed by atoms with Crippen LogP contribution >= 0.6 is 0 Å². The van der Waals surface area contributed by atoms with Gasteiger partial charge >= 0.3 is 0 Å². The highest BCUT2D eigenvalue weighted by Crippen LogP contribution is 2.21. The predicted octanol–water partition coefficient (Wildman–Crippen LogP) is 2.55. The molecule has 0 saturated carbocycles. The maximum absolute atomic E-state index is 12.4. The molecule has 0 fully saturated rings. The molecule has 25 heavy (non-hydrogen) atoms. The lowest BCUT2D eigenvalue weighted by Crippen LogP contribution is -2.31. The van der Waals surface area contributed by atoms with E-state index in [1.807, 2.05) is 54.6 Å². The van der Waals surface area contributed by atoms with Gasteiger partial charge in [-0.05, 0) is 35.9 Å². The van der Waals surface area contributed by atoms with E-state index in [0.717, 1.165) is 16.9 Å². The smallest absolute Gasteiger partial charge is 0.269 e. The summed E-state index contributed by atoms with van der Waals surface area (Å²) in [6.45, 7) is -0.185. The van der Waals surface area contributed by atoms with Crippen molar-refractivity contribution in [3.63, 3.8) is 0 Å². The number of benzene rings is 2. The van der Waals surface area contributed by atoms with Crippen molar-refractivity contribution in [3.05, 3.63) is 71.9 Å². The lowest BCUT2D eigenvalue weighted by Gasteiger charge is -2.15.